The molecule has 0 atom stereocenters. The number of carbonyl (C=O) groups is 1. The molecule has 0 bridgehead atoms. The van der Waals surface area contributed by atoms with Crippen LogP contribution in [-0.2, 0) is 0 Å². The number of fused-ring (bicyclic) bond motifs is 1. The summed E-state index contributed by atoms with van der Waals surface area (Å²) < 4.78 is 1.62. The van der Waals surface area contributed by atoms with E-state index in [4.69, 9.17) is 5.11 Å². The number of hydrogen-bond donors (Lipinski definition) is 1. The van der Waals surface area contributed by atoms with E-state index >= 15 is 0 Å². The van der Waals surface area contributed by atoms with Gasteiger partial charge in [0.2, 0.25) is 0 Å². The first-order valence-corrected chi connectivity index (χ1v) is 5.37. The summed E-state index contributed by atoms with van der Waals surface area (Å²) in [6.45, 7) is 0. The van der Waals surface area contributed by atoms with E-state index in [9.17, 15) is 4.79 Å². The van der Waals surface area contributed by atoms with Crippen LogP contribution in [0, 0.1) is 0 Å². The first kappa shape index (κ1) is 10.5. The number of imidazole rings is 1. The number of aromatic carboxylic acids is 1. The van der Waals surface area contributed by atoms with Gasteiger partial charge in [-0.3, -0.25) is 4.57 Å². The fraction of sp³-hybridized carbons (Fsp3) is 0. The predicted octanol–water partition coefficient (Wildman–Crippen LogP) is 2.12. The highest BCUT2D eigenvalue weighted by Crippen LogP contribution is 2.19. The second-order valence-electron chi connectivity index (χ2n) is 3.83. The minimum absolute atomic E-state index is 0.00438. The van der Waals surface area contributed by atoms with Gasteiger partial charge in [0, 0.05) is 17.8 Å². The molecular formula is C13H9N3O2. The first-order valence-electron chi connectivity index (χ1n) is 5.37. The molecule has 0 aliphatic heterocycles. The molecule has 0 saturated heterocycles. The second-order valence-corrected chi connectivity index (χ2v) is 3.83. The molecule has 0 aliphatic rings. The second kappa shape index (κ2) is 3.96. The van der Waals surface area contributed by atoms with Gasteiger partial charge in [-0.25, -0.2) is 14.8 Å². The Balaban J connectivity index is 2.21. The maximum atomic E-state index is 10.8. The highest BCUT2D eigenvalue weighted by Gasteiger charge is 2.09. The van der Waals surface area contributed by atoms with Crippen molar-refractivity contribution < 1.29 is 9.90 Å². The predicted molar refractivity (Wildman–Crippen MR) is 65.8 cm³/mol. The minimum atomic E-state index is -1.05. The van der Waals surface area contributed by atoms with E-state index in [1.807, 2.05) is 30.3 Å². The smallest absolute Gasteiger partial charge is 0.356 e. The molecule has 1 aromatic carbocycles. The lowest BCUT2D eigenvalue weighted by atomic mass is 10.1. The summed E-state index contributed by atoms with van der Waals surface area (Å²) in [5.41, 5.74) is 0.00438. The molecular weight excluding hydrogens is 230 g/mol. The van der Waals surface area contributed by atoms with E-state index in [0.717, 1.165) is 10.8 Å². The van der Waals surface area contributed by atoms with Gasteiger partial charge in [-0.2, -0.15) is 0 Å². The van der Waals surface area contributed by atoms with Gasteiger partial charge in [-0.05, 0) is 11.5 Å². The van der Waals surface area contributed by atoms with Crippen molar-refractivity contribution in [2.75, 3.05) is 0 Å². The summed E-state index contributed by atoms with van der Waals surface area (Å²) in [6, 6.07) is 9.70. The number of aromatic nitrogens is 3. The van der Waals surface area contributed by atoms with Gasteiger partial charge >= 0.3 is 5.97 Å². The lowest BCUT2D eigenvalue weighted by Crippen LogP contribution is -1.97. The van der Waals surface area contributed by atoms with E-state index in [1.165, 1.54) is 12.5 Å². The number of carboxylic acids is 1. The van der Waals surface area contributed by atoms with Gasteiger partial charge in [0.05, 0.1) is 0 Å². The zero-order chi connectivity index (χ0) is 12.5. The molecule has 0 amide bonds. The van der Waals surface area contributed by atoms with E-state index in [1.54, 1.807) is 10.8 Å². The van der Waals surface area contributed by atoms with Crippen LogP contribution in [0.4, 0.5) is 0 Å². The normalized spacial score (nSPS) is 10.7. The summed E-state index contributed by atoms with van der Waals surface area (Å²) >= 11 is 0. The molecule has 2 heterocycles. The van der Waals surface area contributed by atoms with E-state index in [2.05, 4.69) is 9.97 Å². The Labute approximate surface area is 102 Å². The van der Waals surface area contributed by atoms with Crippen molar-refractivity contribution in [3.8, 4) is 5.82 Å². The van der Waals surface area contributed by atoms with Crippen molar-refractivity contribution in [1.29, 1.82) is 0 Å². The van der Waals surface area contributed by atoms with Crippen LogP contribution in [0.5, 0.6) is 0 Å². The SMILES string of the molecule is O=C(O)c1cn(-c2nccc3ccccc23)cn1. The Hall–Kier alpha value is -2.69. The van der Waals surface area contributed by atoms with E-state index < -0.39 is 5.97 Å². The van der Waals surface area contributed by atoms with Gasteiger partial charge in [0.15, 0.2) is 5.69 Å². The Morgan fingerprint density at radius 2 is 2.00 bits per heavy atom. The molecule has 3 aromatic rings. The largest absolute Gasteiger partial charge is 0.476 e. The highest BCUT2D eigenvalue weighted by atomic mass is 16.4. The molecule has 0 aliphatic carbocycles. The number of carboxylic acid groups (broad SMARTS) is 1. The Morgan fingerprint density at radius 3 is 2.78 bits per heavy atom. The van der Waals surface area contributed by atoms with Crippen LogP contribution in [0.2, 0.25) is 0 Å². The summed E-state index contributed by atoms with van der Waals surface area (Å²) in [5.74, 6) is -0.373. The zero-order valence-corrected chi connectivity index (χ0v) is 9.32. The first-order chi connectivity index (χ1) is 8.75. The molecule has 18 heavy (non-hydrogen) atoms. The minimum Gasteiger partial charge on any atom is -0.476 e. The number of nitrogens with zero attached hydrogens (tertiary/aromatic N) is 3. The van der Waals surface area contributed by atoms with Crippen LogP contribution < -0.4 is 0 Å². The number of hydrogen-bond acceptors (Lipinski definition) is 3. The van der Waals surface area contributed by atoms with Crippen LogP contribution in [-0.4, -0.2) is 25.6 Å². The Kier molecular flexibility index (Phi) is 2.30. The maximum absolute atomic E-state index is 10.8. The summed E-state index contributed by atoms with van der Waals surface area (Å²) in [5, 5.41) is 10.9. The summed E-state index contributed by atoms with van der Waals surface area (Å²) in [6.07, 6.45) is 4.60. The van der Waals surface area contributed by atoms with Gasteiger partial charge < -0.3 is 5.11 Å². The molecule has 5 nitrogen and oxygen atoms in total. The third-order valence-corrected chi connectivity index (χ3v) is 2.70. The Bertz CT molecular complexity index is 728. The van der Waals surface area contributed by atoms with Crippen molar-refractivity contribution >= 4 is 16.7 Å². The van der Waals surface area contributed by atoms with Crippen LogP contribution in [0.3, 0.4) is 0 Å². The molecule has 88 valence electrons. The van der Waals surface area contributed by atoms with Crippen LogP contribution >= 0.6 is 0 Å². The molecule has 0 spiro atoms. The molecule has 0 saturated carbocycles. The van der Waals surface area contributed by atoms with Crippen LogP contribution in [0.15, 0.2) is 49.1 Å². The topological polar surface area (TPSA) is 68.0 Å². The molecule has 0 unspecified atom stereocenters. The average molecular weight is 239 g/mol. The molecule has 2 aromatic heterocycles. The van der Waals surface area contributed by atoms with Gasteiger partial charge in [0.25, 0.3) is 0 Å². The lowest BCUT2D eigenvalue weighted by molar-refractivity contribution is 0.0691. The molecule has 3 rings (SSSR count). The number of pyridine rings is 1. The van der Waals surface area contributed by atoms with Gasteiger partial charge in [-0.15, -0.1) is 0 Å². The fourth-order valence-electron chi connectivity index (χ4n) is 1.86. The van der Waals surface area contributed by atoms with Crippen molar-refractivity contribution in [1.82, 2.24) is 14.5 Å². The third-order valence-electron chi connectivity index (χ3n) is 2.70. The Morgan fingerprint density at radius 1 is 1.17 bits per heavy atom. The van der Waals surface area contributed by atoms with Crippen molar-refractivity contribution in [3.05, 3.63) is 54.7 Å². The van der Waals surface area contributed by atoms with Gasteiger partial charge in [0.1, 0.15) is 12.1 Å². The van der Waals surface area contributed by atoms with Crippen molar-refractivity contribution in [2.45, 2.75) is 0 Å². The quantitative estimate of drug-likeness (QED) is 0.743. The molecule has 1 N–H and O–H groups in total. The summed E-state index contributed by atoms with van der Waals surface area (Å²) in [4.78, 5) is 18.9. The number of rotatable bonds is 2. The van der Waals surface area contributed by atoms with Crippen molar-refractivity contribution in [3.63, 3.8) is 0 Å². The van der Waals surface area contributed by atoms with E-state index in [0.29, 0.717) is 5.82 Å². The van der Waals surface area contributed by atoms with E-state index in [-0.39, 0.29) is 5.69 Å². The zero-order valence-electron chi connectivity index (χ0n) is 9.32. The number of benzene rings is 1. The van der Waals surface area contributed by atoms with Crippen LogP contribution in [0.1, 0.15) is 10.5 Å². The highest BCUT2D eigenvalue weighted by molar-refractivity contribution is 5.89. The van der Waals surface area contributed by atoms with Crippen LogP contribution in [0.25, 0.3) is 16.6 Å². The monoisotopic (exact) mass is 239 g/mol. The van der Waals surface area contributed by atoms with Crippen molar-refractivity contribution in [2.24, 2.45) is 0 Å². The standard InChI is InChI=1S/C13H9N3O2/c17-13(18)11-7-16(8-15-11)12-10-4-2-1-3-9(10)5-6-14-12/h1-8H,(H,17,18). The average Bonchev–Trinajstić information content (AvgIpc) is 2.87. The molecule has 5 heteroatoms. The third kappa shape index (κ3) is 1.62. The maximum Gasteiger partial charge on any atom is 0.356 e. The fourth-order valence-corrected chi connectivity index (χ4v) is 1.86. The summed E-state index contributed by atoms with van der Waals surface area (Å²) in [7, 11) is 0. The lowest BCUT2D eigenvalue weighted by Gasteiger charge is -2.05. The van der Waals surface area contributed by atoms with Gasteiger partial charge in [-0.1, -0.05) is 24.3 Å². The molecule has 0 fully saturated rings. The molecule has 0 radical (unpaired) electrons.